The highest BCUT2D eigenvalue weighted by molar-refractivity contribution is 7.89. The van der Waals surface area contributed by atoms with Crippen molar-refractivity contribution in [2.75, 3.05) is 20.2 Å². The van der Waals surface area contributed by atoms with Gasteiger partial charge < -0.3 is 10.1 Å². The van der Waals surface area contributed by atoms with E-state index in [1.807, 2.05) is 31.2 Å². The predicted molar refractivity (Wildman–Crippen MR) is 127 cm³/mol. The highest BCUT2D eigenvalue weighted by atomic mass is 32.2. The number of aryl methyl sites for hydroxylation is 1. The van der Waals surface area contributed by atoms with E-state index in [2.05, 4.69) is 5.32 Å². The molecule has 6 nitrogen and oxygen atoms in total. The molecule has 8 heteroatoms. The van der Waals surface area contributed by atoms with Gasteiger partial charge in [0.1, 0.15) is 11.6 Å². The van der Waals surface area contributed by atoms with Crippen molar-refractivity contribution in [3.63, 3.8) is 0 Å². The van der Waals surface area contributed by atoms with Crippen LogP contribution in [0.2, 0.25) is 0 Å². The summed E-state index contributed by atoms with van der Waals surface area (Å²) in [5.41, 5.74) is 2.73. The topological polar surface area (TPSA) is 75.7 Å². The molecule has 34 heavy (non-hydrogen) atoms. The molecule has 0 unspecified atom stereocenters. The van der Waals surface area contributed by atoms with Crippen molar-refractivity contribution < 1.29 is 22.3 Å². The molecule has 1 fully saturated rings. The second-order valence-corrected chi connectivity index (χ2v) is 10.3. The number of rotatable bonds is 7. The first kappa shape index (κ1) is 23.9. The van der Waals surface area contributed by atoms with Crippen molar-refractivity contribution in [3.05, 3.63) is 95.3 Å². The minimum atomic E-state index is -3.80. The Labute approximate surface area is 199 Å². The van der Waals surface area contributed by atoms with E-state index in [4.69, 9.17) is 4.74 Å². The summed E-state index contributed by atoms with van der Waals surface area (Å²) in [7, 11) is -2.28. The van der Waals surface area contributed by atoms with Gasteiger partial charge in [0.2, 0.25) is 15.9 Å². The number of methoxy groups -OCH3 is 1. The van der Waals surface area contributed by atoms with Crippen LogP contribution >= 0.6 is 0 Å². The van der Waals surface area contributed by atoms with E-state index in [0.717, 1.165) is 16.7 Å². The third-order valence-corrected chi connectivity index (χ3v) is 8.13. The monoisotopic (exact) mass is 482 g/mol. The lowest BCUT2D eigenvalue weighted by Crippen LogP contribution is -2.35. The Balaban J connectivity index is 1.59. The minimum Gasteiger partial charge on any atom is -0.497 e. The van der Waals surface area contributed by atoms with Gasteiger partial charge in [-0.1, -0.05) is 36.4 Å². The second-order valence-electron chi connectivity index (χ2n) is 8.41. The Morgan fingerprint density at radius 3 is 2.35 bits per heavy atom. The smallest absolute Gasteiger partial charge is 0.243 e. The highest BCUT2D eigenvalue weighted by Crippen LogP contribution is 2.37. The van der Waals surface area contributed by atoms with Crippen molar-refractivity contribution >= 4 is 15.9 Å². The molecule has 0 bridgehead atoms. The fraction of sp³-hybridized carbons (Fsp3) is 0.269. The number of benzene rings is 3. The van der Waals surface area contributed by atoms with Crippen molar-refractivity contribution in [1.29, 1.82) is 0 Å². The van der Waals surface area contributed by atoms with Gasteiger partial charge >= 0.3 is 0 Å². The zero-order valence-electron chi connectivity index (χ0n) is 19.1. The summed E-state index contributed by atoms with van der Waals surface area (Å²) in [4.78, 5) is 13.4. The van der Waals surface area contributed by atoms with E-state index in [0.29, 0.717) is 5.75 Å². The van der Waals surface area contributed by atoms with E-state index < -0.39 is 15.9 Å². The SMILES string of the molecule is COc1ccc(S(=O)(=O)N2C[C@H](c3ccccc3C)[C@H](C(=O)NCc3ccc(F)cc3)C2)cc1. The van der Waals surface area contributed by atoms with Crippen LogP contribution in [0.25, 0.3) is 0 Å². The van der Waals surface area contributed by atoms with Crippen molar-refractivity contribution in [2.45, 2.75) is 24.3 Å². The van der Waals surface area contributed by atoms with Crippen LogP contribution in [-0.2, 0) is 21.4 Å². The summed E-state index contributed by atoms with van der Waals surface area (Å²) in [5, 5.41) is 2.91. The van der Waals surface area contributed by atoms with Crippen LogP contribution in [0.1, 0.15) is 22.6 Å². The van der Waals surface area contributed by atoms with Crippen molar-refractivity contribution in [3.8, 4) is 5.75 Å². The van der Waals surface area contributed by atoms with Crippen molar-refractivity contribution in [2.24, 2.45) is 5.92 Å². The number of carbonyl (C=O) groups excluding carboxylic acids is 1. The Morgan fingerprint density at radius 2 is 1.71 bits per heavy atom. The van der Waals surface area contributed by atoms with Gasteiger partial charge in [0.25, 0.3) is 0 Å². The maximum atomic E-state index is 13.4. The van der Waals surface area contributed by atoms with E-state index in [9.17, 15) is 17.6 Å². The van der Waals surface area contributed by atoms with E-state index in [1.165, 1.54) is 35.7 Å². The second kappa shape index (κ2) is 9.95. The molecule has 0 aromatic heterocycles. The Bertz CT molecular complexity index is 1260. The molecule has 1 aliphatic rings. The molecular formula is C26H27FN2O4S. The summed E-state index contributed by atoms with van der Waals surface area (Å²) in [5.74, 6) is -0.858. The zero-order chi connectivity index (χ0) is 24.3. The molecule has 0 radical (unpaired) electrons. The fourth-order valence-electron chi connectivity index (χ4n) is 4.37. The van der Waals surface area contributed by atoms with Gasteiger partial charge in [-0.2, -0.15) is 4.31 Å². The van der Waals surface area contributed by atoms with E-state index in [1.54, 1.807) is 24.3 Å². The van der Waals surface area contributed by atoms with Gasteiger partial charge in [-0.05, 0) is 60.0 Å². The van der Waals surface area contributed by atoms with Gasteiger partial charge in [0.15, 0.2) is 0 Å². The molecule has 1 N–H and O–H groups in total. The fourth-order valence-corrected chi connectivity index (χ4v) is 5.86. The molecule has 0 saturated carbocycles. The minimum absolute atomic E-state index is 0.0720. The first-order valence-corrected chi connectivity index (χ1v) is 12.5. The van der Waals surface area contributed by atoms with Crippen LogP contribution in [0.15, 0.2) is 77.7 Å². The molecule has 1 saturated heterocycles. The number of hydrogen-bond acceptors (Lipinski definition) is 4. The number of nitrogens with zero attached hydrogens (tertiary/aromatic N) is 1. The predicted octanol–water partition coefficient (Wildman–Crippen LogP) is 3.86. The van der Waals surface area contributed by atoms with Crippen LogP contribution in [0.3, 0.4) is 0 Å². The van der Waals surface area contributed by atoms with Gasteiger partial charge in [-0.25, -0.2) is 12.8 Å². The first-order valence-electron chi connectivity index (χ1n) is 11.0. The highest BCUT2D eigenvalue weighted by Gasteiger charge is 2.43. The molecule has 178 valence electrons. The lowest BCUT2D eigenvalue weighted by atomic mass is 9.86. The molecule has 3 aromatic carbocycles. The summed E-state index contributed by atoms with van der Waals surface area (Å²) in [6, 6.07) is 19.9. The van der Waals surface area contributed by atoms with E-state index in [-0.39, 0.29) is 42.2 Å². The average Bonchev–Trinajstić information content (AvgIpc) is 3.30. The maximum Gasteiger partial charge on any atom is 0.243 e. The van der Waals surface area contributed by atoms with Crippen molar-refractivity contribution in [1.82, 2.24) is 9.62 Å². The molecule has 1 heterocycles. The van der Waals surface area contributed by atoms with Crippen LogP contribution in [0.4, 0.5) is 4.39 Å². The first-order chi connectivity index (χ1) is 16.3. The summed E-state index contributed by atoms with van der Waals surface area (Å²) >= 11 is 0. The van der Waals surface area contributed by atoms with Crippen LogP contribution < -0.4 is 10.1 Å². The summed E-state index contributed by atoms with van der Waals surface area (Å²) < 4.78 is 46.5. The number of amides is 1. The number of hydrogen-bond donors (Lipinski definition) is 1. The molecule has 3 aromatic rings. The van der Waals surface area contributed by atoms with Gasteiger partial charge in [0, 0.05) is 25.6 Å². The third kappa shape index (κ3) is 4.98. The third-order valence-electron chi connectivity index (χ3n) is 6.29. The van der Waals surface area contributed by atoms with Crippen LogP contribution in [-0.4, -0.2) is 38.8 Å². The molecule has 1 aliphatic heterocycles. The van der Waals surface area contributed by atoms with Crippen LogP contribution in [0.5, 0.6) is 5.75 Å². The Morgan fingerprint density at radius 1 is 1.03 bits per heavy atom. The number of nitrogens with one attached hydrogen (secondary N) is 1. The molecule has 1 amide bonds. The van der Waals surface area contributed by atoms with Gasteiger partial charge in [0.05, 0.1) is 17.9 Å². The standard InChI is InChI=1S/C26H27FN2O4S/c1-18-5-3-4-6-23(18)24-16-29(34(31,32)22-13-11-21(33-2)12-14-22)17-25(24)26(30)28-15-19-7-9-20(27)10-8-19/h3-14,24-25H,15-17H2,1-2H3,(H,28,30)/t24-,25-/m1/s1. The van der Waals surface area contributed by atoms with Gasteiger partial charge in [-0.15, -0.1) is 0 Å². The van der Waals surface area contributed by atoms with E-state index >= 15 is 0 Å². The number of sulfonamides is 1. The Hall–Kier alpha value is -3.23. The summed E-state index contributed by atoms with van der Waals surface area (Å²) in [6.45, 7) is 2.47. The average molecular weight is 483 g/mol. The quantitative estimate of drug-likeness (QED) is 0.555. The van der Waals surface area contributed by atoms with Crippen LogP contribution in [0, 0.1) is 18.7 Å². The Kier molecular flexibility index (Phi) is 7.00. The number of ether oxygens (including phenoxy) is 1. The number of halogens is 1. The zero-order valence-corrected chi connectivity index (χ0v) is 19.9. The lowest BCUT2D eigenvalue weighted by molar-refractivity contribution is -0.125. The lowest BCUT2D eigenvalue weighted by Gasteiger charge is -2.20. The molecular weight excluding hydrogens is 455 g/mol. The largest absolute Gasteiger partial charge is 0.497 e. The number of carbonyl (C=O) groups is 1. The molecule has 0 aliphatic carbocycles. The molecule has 2 atom stereocenters. The summed E-state index contributed by atoms with van der Waals surface area (Å²) in [6.07, 6.45) is 0. The maximum absolute atomic E-state index is 13.4. The van der Waals surface area contributed by atoms with Gasteiger partial charge in [-0.3, -0.25) is 4.79 Å². The normalized spacial score (nSPS) is 18.6. The molecule has 0 spiro atoms. The molecule has 4 rings (SSSR count).